The Morgan fingerprint density at radius 2 is 1.73 bits per heavy atom. The van der Waals surface area contributed by atoms with Crippen LogP contribution in [0.3, 0.4) is 0 Å². The second-order valence-corrected chi connectivity index (χ2v) is 11.2. The number of amides is 4. The molecule has 2 heterocycles. The average Bonchev–Trinajstić information content (AvgIpc) is 3.33. The number of hydrogen-bond acceptors (Lipinski definition) is 6. The fraction of sp³-hybridized carbons (Fsp3) is 0.188. The van der Waals surface area contributed by atoms with E-state index in [-0.39, 0.29) is 28.9 Å². The van der Waals surface area contributed by atoms with Crippen molar-refractivity contribution < 1.29 is 23.9 Å². The van der Waals surface area contributed by atoms with Crippen molar-refractivity contribution in [3.8, 4) is 5.75 Å². The zero-order valence-electron chi connectivity index (χ0n) is 22.2. The van der Waals surface area contributed by atoms with Gasteiger partial charge in [0, 0.05) is 23.6 Å². The van der Waals surface area contributed by atoms with Gasteiger partial charge in [-0.1, -0.05) is 60.3 Å². The minimum absolute atomic E-state index is 0.0889. The van der Waals surface area contributed by atoms with Crippen molar-refractivity contribution in [3.05, 3.63) is 101 Å². The minimum atomic E-state index is -0.620. The molecule has 4 amide bonds. The molecule has 0 saturated carbocycles. The van der Waals surface area contributed by atoms with Gasteiger partial charge >= 0.3 is 0 Å². The van der Waals surface area contributed by atoms with Crippen LogP contribution < -0.4 is 20.7 Å². The minimum Gasteiger partial charge on any atom is -0.495 e. The van der Waals surface area contributed by atoms with Crippen LogP contribution in [0, 0.1) is 0 Å². The molecule has 4 aromatic rings. The van der Waals surface area contributed by atoms with E-state index in [0.717, 1.165) is 39.2 Å². The first-order valence-corrected chi connectivity index (χ1v) is 14.2. The van der Waals surface area contributed by atoms with E-state index in [1.807, 2.05) is 66.7 Å². The van der Waals surface area contributed by atoms with Crippen molar-refractivity contribution in [1.82, 2.24) is 5.32 Å². The van der Waals surface area contributed by atoms with Crippen molar-refractivity contribution in [2.75, 3.05) is 17.7 Å². The zero-order chi connectivity index (χ0) is 28.5. The summed E-state index contributed by atoms with van der Waals surface area (Å²) in [5, 5.41) is 9.36. The molecule has 8 nitrogen and oxygen atoms in total. The highest BCUT2D eigenvalue weighted by Gasteiger charge is 2.40. The maximum absolute atomic E-state index is 12.9. The molecule has 0 bridgehead atoms. The number of thioether (sulfide) groups is 1. The van der Waals surface area contributed by atoms with Crippen molar-refractivity contribution in [3.63, 3.8) is 0 Å². The molecule has 2 unspecified atom stereocenters. The number of methoxy groups -OCH3 is 1. The molecule has 0 aromatic heterocycles. The first-order chi connectivity index (χ1) is 19.9. The Morgan fingerprint density at radius 1 is 0.951 bits per heavy atom. The second-order valence-electron chi connectivity index (χ2n) is 10.1. The molecule has 1 saturated heterocycles. The van der Waals surface area contributed by atoms with E-state index in [2.05, 4.69) is 16.0 Å². The Kier molecular flexibility index (Phi) is 7.19. The Hall–Kier alpha value is -4.63. The number of carbonyl (C=O) groups is 4. The Balaban J connectivity index is 1.26. The Morgan fingerprint density at radius 3 is 2.46 bits per heavy atom. The van der Waals surface area contributed by atoms with Crippen LogP contribution in [0.2, 0.25) is 0 Å². The molecule has 0 spiro atoms. The molecule has 206 valence electrons. The average molecular weight is 566 g/mol. The predicted octanol–water partition coefficient (Wildman–Crippen LogP) is 5.66. The number of benzene rings is 4. The number of nitrogens with one attached hydrogen (secondary N) is 3. The normalized spacial score (nSPS) is 17.0. The van der Waals surface area contributed by atoms with Crippen LogP contribution in [0.5, 0.6) is 5.75 Å². The summed E-state index contributed by atoms with van der Waals surface area (Å²) in [6.07, 6.45) is 1.31. The van der Waals surface area contributed by atoms with E-state index in [9.17, 15) is 19.2 Å². The first kappa shape index (κ1) is 26.6. The largest absolute Gasteiger partial charge is 0.495 e. The fourth-order valence-electron chi connectivity index (χ4n) is 5.53. The predicted molar refractivity (Wildman–Crippen MR) is 160 cm³/mol. The van der Waals surface area contributed by atoms with Crippen LogP contribution in [-0.2, 0) is 22.4 Å². The van der Waals surface area contributed by atoms with E-state index in [4.69, 9.17) is 4.74 Å². The summed E-state index contributed by atoms with van der Waals surface area (Å²) in [4.78, 5) is 50.1. The van der Waals surface area contributed by atoms with Crippen LogP contribution in [0.4, 0.5) is 16.2 Å². The molecule has 2 aliphatic rings. The van der Waals surface area contributed by atoms with Crippen LogP contribution >= 0.6 is 11.8 Å². The van der Waals surface area contributed by atoms with Gasteiger partial charge in [0.05, 0.1) is 12.8 Å². The lowest BCUT2D eigenvalue weighted by Gasteiger charge is -2.28. The smallest absolute Gasteiger partial charge is 0.286 e. The van der Waals surface area contributed by atoms with Crippen LogP contribution in [0.1, 0.15) is 39.4 Å². The highest BCUT2D eigenvalue weighted by atomic mass is 32.2. The monoisotopic (exact) mass is 565 g/mol. The lowest BCUT2D eigenvalue weighted by Crippen LogP contribution is -2.31. The highest BCUT2D eigenvalue weighted by molar-refractivity contribution is 8.15. The highest BCUT2D eigenvalue weighted by Crippen LogP contribution is 2.43. The van der Waals surface area contributed by atoms with Gasteiger partial charge in [0.15, 0.2) is 0 Å². The molecule has 9 heteroatoms. The van der Waals surface area contributed by atoms with Gasteiger partial charge in [0.1, 0.15) is 11.0 Å². The van der Waals surface area contributed by atoms with Gasteiger partial charge in [-0.15, -0.1) is 0 Å². The summed E-state index contributed by atoms with van der Waals surface area (Å²) in [5.74, 6) is -0.394. The van der Waals surface area contributed by atoms with Crippen LogP contribution in [0.15, 0.2) is 78.9 Å². The van der Waals surface area contributed by atoms with E-state index in [1.54, 1.807) is 19.2 Å². The number of ether oxygens (including phenoxy) is 1. The lowest BCUT2D eigenvalue weighted by atomic mass is 9.83. The molecular formula is C32H27N3O5S. The topological polar surface area (TPSA) is 114 Å². The van der Waals surface area contributed by atoms with E-state index < -0.39 is 5.25 Å². The molecule has 1 fully saturated rings. The standard InChI is InChI=1S/C32H27N3O5S/c1-40-26-14-12-23(24-13-15-27(36)34-28(24)26)25(29-31(38)35-32(39)41-29)16-18-6-10-22(11-7-18)33-30(37)21-9-8-19-4-2-3-5-20(19)17-21/h2-12,14,17,25,29H,13,15-16H2,1H3,(H,33,37)(H,34,36)(H,35,38,39). The third-order valence-electron chi connectivity index (χ3n) is 7.56. The second kappa shape index (κ2) is 11.1. The maximum Gasteiger partial charge on any atom is 0.286 e. The van der Waals surface area contributed by atoms with Crippen LogP contribution in [-0.4, -0.2) is 35.3 Å². The van der Waals surface area contributed by atoms with Gasteiger partial charge in [-0.3, -0.25) is 24.5 Å². The van der Waals surface area contributed by atoms with Gasteiger partial charge in [-0.25, -0.2) is 0 Å². The molecule has 4 aromatic carbocycles. The quantitative estimate of drug-likeness (QED) is 0.266. The number of rotatable bonds is 7. The third-order valence-corrected chi connectivity index (χ3v) is 8.67. The van der Waals surface area contributed by atoms with Gasteiger partial charge in [0.25, 0.3) is 11.1 Å². The molecule has 0 radical (unpaired) electrons. The summed E-state index contributed by atoms with van der Waals surface area (Å²) in [6, 6.07) is 24.7. The van der Waals surface area contributed by atoms with Crippen molar-refractivity contribution in [2.45, 2.75) is 30.4 Å². The molecule has 2 atom stereocenters. The van der Waals surface area contributed by atoms with E-state index in [0.29, 0.717) is 42.0 Å². The van der Waals surface area contributed by atoms with E-state index in [1.165, 1.54) is 0 Å². The molecule has 2 aliphatic heterocycles. The van der Waals surface area contributed by atoms with Crippen molar-refractivity contribution in [2.24, 2.45) is 0 Å². The molecule has 41 heavy (non-hydrogen) atoms. The number of fused-ring (bicyclic) bond motifs is 2. The molecule has 3 N–H and O–H groups in total. The van der Waals surface area contributed by atoms with Crippen molar-refractivity contribution >= 4 is 56.9 Å². The number of anilines is 2. The fourth-order valence-corrected chi connectivity index (χ4v) is 6.50. The molecule has 0 aliphatic carbocycles. The summed E-state index contributed by atoms with van der Waals surface area (Å²) in [6.45, 7) is 0. The Labute approximate surface area is 240 Å². The summed E-state index contributed by atoms with van der Waals surface area (Å²) in [7, 11) is 1.55. The van der Waals surface area contributed by atoms with Gasteiger partial charge in [0.2, 0.25) is 11.8 Å². The summed E-state index contributed by atoms with van der Waals surface area (Å²) >= 11 is 0.992. The molecule has 6 rings (SSSR count). The van der Waals surface area contributed by atoms with Gasteiger partial charge in [-0.2, -0.15) is 0 Å². The SMILES string of the molecule is COc1ccc(C(Cc2ccc(NC(=O)c3ccc4ccccc4c3)cc2)C2SC(=O)NC2=O)c2c1NC(=O)CC2. The van der Waals surface area contributed by atoms with Crippen molar-refractivity contribution in [1.29, 1.82) is 0 Å². The van der Waals surface area contributed by atoms with Gasteiger partial charge < -0.3 is 15.4 Å². The molecular weight excluding hydrogens is 538 g/mol. The maximum atomic E-state index is 12.9. The van der Waals surface area contributed by atoms with Crippen LogP contribution in [0.25, 0.3) is 10.8 Å². The number of imide groups is 1. The number of carbonyl (C=O) groups excluding carboxylic acids is 4. The van der Waals surface area contributed by atoms with Gasteiger partial charge in [-0.05, 0) is 70.6 Å². The summed E-state index contributed by atoms with van der Waals surface area (Å²) < 4.78 is 5.49. The Bertz CT molecular complexity index is 1700. The zero-order valence-corrected chi connectivity index (χ0v) is 23.0. The number of hydrogen-bond donors (Lipinski definition) is 3. The third kappa shape index (κ3) is 5.40. The summed E-state index contributed by atoms with van der Waals surface area (Å²) in [5.41, 5.74) is 4.59. The lowest BCUT2D eigenvalue weighted by molar-refractivity contribution is -0.119. The van der Waals surface area contributed by atoms with E-state index >= 15 is 0 Å². The first-order valence-electron chi connectivity index (χ1n) is 13.3.